The van der Waals surface area contributed by atoms with Crippen molar-refractivity contribution in [1.82, 2.24) is 4.72 Å². The van der Waals surface area contributed by atoms with Gasteiger partial charge in [-0.05, 0) is 37.5 Å². The lowest BCUT2D eigenvalue weighted by molar-refractivity contribution is -0.139. The van der Waals surface area contributed by atoms with E-state index in [1.54, 1.807) is 26.0 Å². The van der Waals surface area contributed by atoms with Gasteiger partial charge in [0.25, 0.3) is 0 Å². The van der Waals surface area contributed by atoms with Crippen LogP contribution in [0.15, 0.2) is 23.1 Å². The Hall–Kier alpha value is -1.40. The summed E-state index contributed by atoms with van der Waals surface area (Å²) in [6.45, 7) is 5.41. The number of carboxylic acid groups (broad SMARTS) is 1. The topological polar surface area (TPSA) is 83.5 Å². The highest BCUT2D eigenvalue weighted by Gasteiger charge is 2.25. The molecule has 0 radical (unpaired) electrons. The zero-order chi connectivity index (χ0) is 15.3. The van der Waals surface area contributed by atoms with Crippen molar-refractivity contribution in [2.75, 3.05) is 0 Å². The van der Waals surface area contributed by atoms with Gasteiger partial charge in [0.2, 0.25) is 10.0 Å². The van der Waals surface area contributed by atoms with Crippen LogP contribution in [0.5, 0.6) is 0 Å². The molecule has 0 saturated heterocycles. The minimum Gasteiger partial charge on any atom is -0.480 e. The highest BCUT2D eigenvalue weighted by Crippen LogP contribution is 2.17. The number of nitrogens with one attached hydrogen (secondary N) is 1. The van der Waals surface area contributed by atoms with Crippen LogP contribution in [-0.4, -0.2) is 25.5 Å². The number of benzene rings is 1. The average Bonchev–Trinajstić information content (AvgIpc) is 2.36. The fraction of sp³-hybridized carbons (Fsp3) is 0.500. The van der Waals surface area contributed by atoms with Crippen LogP contribution >= 0.6 is 0 Å². The number of carbonyl (C=O) groups is 1. The van der Waals surface area contributed by atoms with Gasteiger partial charge in [-0.2, -0.15) is 4.72 Å². The second-order valence-electron chi connectivity index (χ2n) is 4.92. The van der Waals surface area contributed by atoms with E-state index < -0.39 is 22.0 Å². The first-order valence-corrected chi connectivity index (χ1v) is 8.08. The van der Waals surface area contributed by atoms with Crippen molar-refractivity contribution < 1.29 is 18.3 Å². The van der Waals surface area contributed by atoms with E-state index in [1.165, 1.54) is 0 Å². The lowest BCUT2D eigenvalue weighted by atomic mass is 10.1. The maximum absolute atomic E-state index is 12.3. The molecule has 0 heterocycles. The normalized spacial score (nSPS) is 13.2. The first kappa shape index (κ1) is 16.7. The van der Waals surface area contributed by atoms with Crippen molar-refractivity contribution in [2.24, 2.45) is 0 Å². The summed E-state index contributed by atoms with van der Waals surface area (Å²) in [7, 11) is -3.82. The number of carboxylic acids is 1. The standard InChI is InChI=1S/C14H21NO4S/c1-4-5-6-12(14(16)17)15-20(18,19)13-9-10(2)7-8-11(13)3/h7-9,12,15H,4-6H2,1-3H3,(H,16,17)/t12-/m0/s1. The van der Waals surface area contributed by atoms with Gasteiger partial charge in [0.1, 0.15) is 6.04 Å². The summed E-state index contributed by atoms with van der Waals surface area (Å²) in [4.78, 5) is 11.3. The third-order valence-corrected chi connectivity index (χ3v) is 4.69. The number of aryl methyl sites for hydroxylation is 2. The summed E-state index contributed by atoms with van der Waals surface area (Å²) >= 11 is 0. The summed E-state index contributed by atoms with van der Waals surface area (Å²) in [5.74, 6) is -1.15. The molecule has 1 aromatic carbocycles. The van der Waals surface area contributed by atoms with Gasteiger partial charge < -0.3 is 5.11 Å². The lowest BCUT2D eigenvalue weighted by Gasteiger charge is -2.16. The highest BCUT2D eigenvalue weighted by atomic mass is 32.2. The minimum absolute atomic E-state index is 0.139. The predicted octanol–water partition coefficient (Wildman–Crippen LogP) is 2.23. The van der Waals surface area contributed by atoms with Gasteiger partial charge in [0.05, 0.1) is 4.90 Å². The Bertz CT molecular complexity index is 581. The zero-order valence-electron chi connectivity index (χ0n) is 12.0. The number of sulfonamides is 1. The largest absolute Gasteiger partial charge is 0.480 e. The Morgan fingerprint density at radius 2 is 2.00 bits per heavy atom. The van der Waals surface area contributed by atoms with E-state index in [-0.39, 0.29) is 11.3 Å². The van der Waals surface area contributed by atoms with Gasteiger partial charge >= 0.3 is 5.97 Å². The first-order chi connectivity index (χ1) is 9.27. The summed E-state index contributed by atoms with van der Waals surface area (Å²) in [6, 6.07) is 4.00. The number of rotatable bonds is 7. The van der Waals surface area contributed by atoms with Crippen LogP contribution in [-0.2, 0) is 14.8 Å². The van der Waals surface area contributed by atoms with Crippen LogP contribution in [0.2, 0.25) is 0 Å². The molecule has 1 rings (SSSR count). The van der Waals surface area contributed by atoms with E-state index >= 15 is 0 Å². The second-order valence-corrected chi connectivity index (χ2v) is 6.61. The molecule has 0 amide bonds. The molecular formula is C14H21NO4S. The molecule has 1 atom stereocenters. The SMILES string of the molecule is CCCC[C@H](NS(=O)(=O)c1cc(C)ccc1C)C(=O)O. The smallest absolute Gasteiger partial charge is 0.321 e. The van der Waals surface area contributed by atoms with Crippen molar-refractivity contribution in [3.05, 3.63) is 29.3 Å². The van der Waals surface area contributed by atoms with Crippen molar-refractivity contribution in [1.29, 1.82) is 0 Å². The molecule has 0 spiro atoms. The third kappa shape index (κ3) is 4.31. The van der Waals surface area contributed by atoms with Crippen LogP contribution in [0.1, 0.15) is 37.3 Å². The summed E-state index contributed by atoms with van der Waals surface area (Å²) in [5.41, 5.74) is 1.42. The molecule has 112 valence electrons. The zero-order valence-corrected chi connectivity index (χ0v) is 12.8. The lowest BCUT2D eigenvalue weighted by Crippen LogP contribution is -2.40. The van der Waals surface area contributed by atoms with E-state index in [0.29, 0.717) is 12.0 Å². The molecule has 2 N–H and O–H groups in total. The van der Waals surface area contributed by atoms with Crippen molar-refractivity contribution in [2.45, 2.75) is 51.0 Å². The van der Waals surface area contributed by atoms with E-state index in [2.05, 4.69) is 4.72 Å². The molecule has 0 saturated carbocycles. The molecule has 0 aliphatic rings. The van der Waals surface area contributed by atoms with Gasteiger partial charge in [-0.15, -0.1) is 0 Å². The second kappa shape index (κ2) is 6.85. The number of hydrogen-bond acceptors (Lipinski definition) is 3. The number of hydrogen-bond donors (Lipinski definition) is 2. The molecular weight excluding hydrogens is 278 g/mol. The fourth-order valence-corrected chi connectivity index (χ4v) is 3.44. The molecule has 0 bridgehead atoms. The summed E-state index contributed by atoms with van der Waals surface area (Å²) in [6.07, 6.45) is 1.76. The summed E-state index contributed by atoms with van der Waals surface area (Å²) < 4.78 is 26.9. The van der Waals surface area contributed by atoms with Crippen LogP contribution in [0.25, 0.3) is 0 Å². The van der Waals surface area contributed by atoms with Gasteiger partial charge in [-0.3, -0.25) is 4.79 Å². The monoisotopic (exact) mass is 299 g/mol. The summed E-state index contributed by atoms with van der Waals surface area (Å²) in [5, 5.41) is 9.11. The van der Waals surface area contributed by atoms with E-state index in [4.69, 9.17) is 5.11 Å². The van der Waals surface area contributed by atoms with Crippen molar-refractivity contribution in [3.63, 3.8) is 0 Å². The highest BCUT2D eigenvalue weighted by molar-refractivity contribution is 7.89. The quantitative estimate of drug-likeness (QED) is 0.808. The van der Waals surface area contributed by atoms with Crippen molar-refractivity contribution >= 4 is 16.0 Å². The van der Waals surface area contributed by atoms with Gasteiger partial charge in [0.15, 0.2) is 0 Å². The Kier molecular flexibility index (Phi) is 5.71. The number of aliphatic carboxylic acids is 1. The third-order valence-electron chi connectivity index (χ3n) is 3.08. The average molecular weight is 299 g/mol. The number of unbranched alkanes of at least 4 members (excludes halogenated alkanes) is 1. The first-order valence-electron chi connectivity index (χ1n) is 6.60. The van der Waals surface area contributed by atoms with Crippen LogP contribution in [0, 0.1) is 13.8 Å². The molecule has 1 aromatic rings. The Morgan fingerprint density at radius 1 is 1.35 bits per heavy atom. The Labute approximate surface area is 120 Å². The van der Waals surface area contributed by atoms with Gasteiger partial charge in [-0.1, -0.05) is 31.9 Å². The predicted molar refractivity (Wildman–Crippen MR) is 77.2 cm³/mol. The van der Waals surface area contributed by atoms with Gasteiger partial charge in [-0.25, -0.2) is 8.42 Å². The van der Waals surface area contributed by atoms with Crippen LogP contribution < -0.4 is 4.72 Å². The molecule has 5 nitrogen and oxygen atoms in total. The Morgan fingerprint density at radius 3 is 2.55 bits per heavy atom. The maximum Gasteiger partial charge on any atom is 0.321 e. The molecule has 0 unspecified atom stereocenters. The molecule has 0 fully saturated rings. The van der Waals surface area contributed by atoms with Crippen molar-refractivity contribution in [3.8, 4) is 0 Å². The van der Waals surface area contributed by atoms with Crippen LogP contribution in [0.3, 0.4) is 0 Å². The van der Waals surface area contributed by atoms with Crippen LogP contribution in [0.4, 0.5) is 0 Å². The maximum atomic E-state index is 12.3. The minimum atomic E-state index is -3.82. The van der Waals surface area contributed by atoms with E-state index in [9.17, 15) is 13.2 Å². The molecule has 0 aliphatic carbocycles. The fourth-order valence-electron chi connectivity index (χ4n) is 1.89. The van der Waals surface area contributed by atoms with Gasteiger partial charge in [0, 0.05) is 0 Å². The van der Waals surface area contributed by atoms with E-state index in [1.807, 2.05) is 13.0 Å². The van der Waals surface area contributed by atoms with E-state index in [0.717, 1.165) is 12.0 Å². The molecule has 6 heteroatoms. The molecule has 0 aromatic heterocycles. The molecule has 0 aliphatic heterocycles. The Balaban J connectivity index is 3.03. The molecule has 20 heavy (non-hydrogen) atoms.